The number of carbonyl (C=O) groups excluding carboxylic acids is 2. The van der Waals surface area contributed by atoms with Crippen LogP contribution in [0.1, 0.15) is 128 Å². The van der Waals surface area contributed by atoms with Crippen LogP contribution >= 0.6 is 0 Å². The van der Waals surface area contributed by atoms with Crippen molar-refractivity contribution in [2.75, 3.05) is 13.7 Å². The first-order valence-electron chi connectivity index (χ1n) is 20.1. The van der Waals surface area contributed by atoms with Crippen LogP contribution in [0.25, 0.3) is 0 Å². The average molecular weight is 757 g/mol. The Morgan fingerprint density at radius 1 is 0.906 bits per heavy atom. The lowest BCUT2D eigenvalue weighted by Gasteiger charge is -2.47. The Morgan fingerprint density at radius 3 is 2.00 bits per heavy atom. The van der Waals surface area contributed by atoms with E-state index in [1.807, 2.05) is 38.1 Å². The number of Topliss-reactive ketones (excluding diaryl/α,β-unsaturated/α-hetero) is 1. The number of methoxy groups -OCH3 is 1. The first-order chi connectivity index (χ1) is 24.8. The van der Waals surface area contributed by atoms with Gasteiger partial charge >= 0.3 is 5.97 Å². The quantitative estimate of drug-likeness (QED) is 0.0435. The van der Waals surface area contributed by atoms with Crippen LogP contribution in [-0.4, -0.2) is 57.2 Å². The summed E-state index contributed by atoms with van der Waals surface area (Å²) >= 11 is 0. The lowest BCUT2D eigenvalue weighted by Crippen LogP contribution is -2.52. The molecule has 0 heterocycles. The van der Waals surface area contributed by atoms with E-state index in [9.17, 15) is 14.7 Å². The van der Waals surface area contributed by atoms with Gasteiger partial charge < -0.3 is 23.7 Å². The molecule has 0 aromatic heterocycles. The van der Waals surface area contributed by atoms with Crippen LogP contribution in [0, 0.1) is 23.7 Å². The molecule has 0 aliphatic carbocycles. The number of esters is 1. The molecule has 0 radical (unpaired) electrons. The Bertz CT molecular complexity index is 1280. The summed E-state index contributed by atoms with van der Waals surface area (Å²) in [4.78, 5) is 25.8. The van der Waals surface area contributed by atoms with Crippen molar-refractivity contribution in [3.8, 4) is 5.75 Å². The topological polar surface area (TPSA) is 91.3 Å². The first-order valence-corrected chi connectivity index (χ1v) is 22.3. The van der Waals surface area contributed by atoms with E-state index < -0.39 is 26.4 Å². The molecule has 0 saturated carbocycles. The van der Waals surface area contributed by atoms with Crippen molar-refractivity contribution in [3.05, 3.63) is 65.8 Å². The zero-order valence-electron chi connectivity index (χ0n) is 35.9. The van der Waals surface area contributed by atoms with Gasteiger partial charge in [0.05, 0.1) is 38.6 Å². The van der Waals surface area contributed by atoms with Crippen molar-refractivity contribution in [1.82, 2.24) is 0 Å². The molecule has 8 heteroatoms. The van der Waals surface area contributed by atoms with Gasteiger partial charge in [0.1, 0.15) is 11.5 Å². The predicted octanol–water partition coefficient (Wildman–Crippen LogP) is 11.2. The summed E-state index contributed by atoms with van der Waals surface area (Å²) in [6.07, 6.45) is 8.17. The molecule has 0 spiro atoms. The summed E-state index contributed by atoms with van der Waals surface area (Å²) in [5.41, 5.74) is 3.81. The zero-order chi connectivity index (χ0) is 40.5. The highest BCUT2D eigenvalue weighted by atomic mass is 28.4. The summed E-state index contributed by atoms with van der Waals surface area (Å²) < 4.78 is 24.0. The van der Waals surface area contributed by atoms with Gasteiger partial charge in [-0.25, -0.2) is 4.79 Å². The zero-order valence-corrected chi connectivity index (χ0v) is 36.9. The number of aliphatic hydroxyl groups is 1. The highest BCUT2D eigenvalue weighted by Gasteiger charge is 2.47. The Kier molecular flexibility index (Phi) is 22.0. The van der Waals surface area contributed by atoms with Gasteiger partial charge in [-0.2, -0.15) is 0 Å². The molecule has 0 unspecified atom stereocenters. The Hall–Kier alpha value is -2.52. The molecule has 0 saturated heterocycles. The van der Waals surface area contributed by atoms with Gasteiger partial charge in [-0.1, -0.05) is 106 Å². The number of rotatable bonds is 26. The second-order valence-corrected chi connectivity index (χ2v) is 21.7. The van der Waals surface area contributed by atoms with E-state index in [1.54, 1.807) is 27.0 Å². The minimum absolute atomic E-state index is 0.00186. The van der Waals surface area contributed by atoms with Gasteiger partial charge in [0.25, 0.3) is 0 Å². The Balaban J connectivity index is 2.95. The summed E-state index contributed by atoms with van der Waals surface area (Å²) in [6.45, 7) is 32.7. The van der Waals surface area contributed by atoms with Crippen LogP contribution in [-0.2, 0) is 30.1 Å². The van der Waals surface area contributed by atoms with E-state index in [0.717, 1.165) is 36.1 Å². The van der Waals surface area contributed by atoms with E-state index in [2.05, 4.69) is 81.0 Å². The van der Waals surface area contributed by atoms with E-state index in [0.29, 0.717) is 47.7 Å². The summed E-state index contributed by atoms with van der Waals surface area (Å²) in [5, 5.41) is 11.2. The molecule has 53 heavy (non-hydrogen) atoms. The SMILES string of the molecule is C=C[C@@H](C)[C@@H](O[Si](C(C)C)(C(C)C)C(C)C)[C@@H](C)CCC[C@H](C)/C=C(\C)[C@@H](O)CC(=O)[C@H](C)[C@@H](C/C=C(\C)C(=O)OCC)OCc1ccc(OC)cc1. The third-order valence-corrected chi connectivity index (χ3v) is 17.3. The number of ketones is 1. The summed E-state index contributed by atoms with van der Waals surface area (Å²) in [5.74, 6) is 0.705. The molecule has 0 amide bonds. The van der Waals surface area contributed by atoms with Crippen LogP contribution in [0.2, 0.25) is 16.6 Å². The molecule has 0 aliphatic heterocycles. The number of aliphatic hydroxyl groups excluding tert-OH is 1. The van der Waals surface area contributed by atoms with Gasteiger partial charge in [0, 0.05) is 17.9 Å². The Labute approximate surface area is 325 Å². The maximum Gasteiger partial charge on any atom is 0.333 e. The third-order valence-electron chi connectivity index (χ3n) is 11.2. The Morgan fingerprint density at radius 2 is 1.49 bits per heavy atom. The highest BCUT2D eigenvalue weighted by molar-refractivity contribution is 6.77. The van der Waals surface area contributed by atoms with E-state index in [4.69, 9.17) is 18.6 Å². The van der Waals surface area contributed by atoms with Crippen molar-refractivity contribution < 1.29 is 33.3 Å². The van der Waals surface area contributed by atoms with Crippen molar-refractivity contribution in [1.29, 1.82) is 0 Å². The van der Waals surface area contributed by atoms with Crippen molar-refractivity contribution in [3.63, 3.8) is 0 Å². The van der Waals surface area contributed by atoms with Crippen LogP contribution < -0.4 is 4.74 Å². The second kappa shape index (κ2) is 24.1. The maximum atomic E-state index is 13.6. The standard InChI is InChI=1S/C45H76O7Si/c1-16-34(10)44(52-53(30(3)4,31(5)6)32(7)8)35(11)20-18-19-33(9)27-37(13)41(46)28-42(47)38(14)43(26-21-36(12)45(48)50-17-2)51-29-39-22-24-40(49-15)25-23-39/h16,21-25,27,30-35,38,41,43-44,46H,1,17-20,26,28-29H2,2-15H3/b36-21+,37-27+/t33-,34+,35-,38-,41-,43+,44+/m0/s1. The molecule has 0 bridgehead atoms. The van der Waals surface area contributed by atoms with E-state index >= 15 is 0 Å². The average Bonchev–Trinajstić information content (AvgIpc) is 3.10. The van der Waals surface area contributed by atoms with Gasteiger partial charge in [0.2, 0.25) is 8.32 Å². The lowest BCUT2D eigenvalue weighted by molar-refractivity contribution is -0.138. The highest BCUT2D eigenvalue weighted by Crippen LogP contribution is 2.45. The third kappa shape index (κ3) is 15.3. The van der Waals surface area contributed by atoms with Crippen LogP contribution in [0.3, 0.4) is 0 Å². The molecule has 1 aromatic rings. The first kappa shape index (κ1) is 48.5. The second-order valence-electron chi connectivity index (χ2n) is 16.3. The largest absolute Gasteiger partial charge is 0.497 e. The fraction of sp³-hybridized carbons (Fsp3) is 0.689. The van der Waals surface area contributed by atoms with Crippen molar-refractivity contribution >= 4 is 20.1 Å². The van der Waals surface area contributed by atoms with Crippen LogP contribution in [0.15, 0.2) is 60.2 Å². The minimum atomic E-state index is -2.04. The molecule has 1 rings (SSSR count). The van der Waals surface area contributed by atoms with Crippen molar-refractivity contribution in [2.24, 2.45) is 23.7 Å². The molecule has 7 nitrogen and oxygen atoms in total. The molecular weight excluding hydrogens is 681 g/mol. The van der Waals surface area contributed by atoms with Gasteiger partial charge in [0.15, 0.2) is 0 Å². The summed E-state index contributed by atoms with van der Waals surface area (Å²) in [6, 6.07) is 7.59. The number of hydrogen-bond acceptors (Lipinski definition) is 7. The molecule has 0 fully saturated rings. The molecule has 302 valence electrons. The van der Waals surface area contributed by atoms with Crippen LogP contribution in [0.4, 0.5) is 0 Å². The molecule has 7 atom stereocenters. The maximum absolute atomic E-state index is 13.6. The lowest BCUT2D eigenvalue weighted by atomic mass is 9.88. The fourth-order valence-electron chi connectivity index (χ4n) is 7.80. The summed E-state index contributed by atoms with van der Waals surface area (Å²) in [7, 11) is -0.424. The molecular formula is C45H76O7Si. The minimum Gasteiger partial charge on any atom is -0.497 e. The van der Waals surface area contributed by atoms with Crippen molar-refractivity contribution in [2.45, 2.75) is 164 Å². The fourth-order valence-corrected chi connectivity index (χ4v) is 13.5. The molecule has 0 aliphatic rings. The molecule has 1 N–H and O–H groups in total. The number of carbonyl (C=O) groups is 2. The normalized spacial score (nSPS) is 16.9. The van der Waals surface area contributed by atoms with Gasteiger partial charge in [-0.3, -0.25) is 4.79 Å². The van der Waals surface area contributed by atoms with Gasteiger partial charge in [-0.15, -0.1) is 6.58 Å². The molecule has 1 aromatic carbocycles. The number of hydrogen-bond donors (Lipinski definition) is 1. The predicted molar refractivity (Wildman–Crippen MR) is 223 cm³/mol. The smallest absolute Gasteiger partial charge is 0.333 e. The van der Waals surface area contributed by atoms with Crippen LogP contribution in [0.5, 0.6) is 5.75 Å². The number of ether oxygens (including phenoxy) is 3. The van der Waals surface area contributed by atoms with E-state index in [-0.39, 0.29) is 36.1 Å². The number of benzene rings is 1. The number of allylic oxidation sites excluding steroid dienone is 1. The van der Waals surface area contributed by atoms with Gasteiger partial charge in [-0.05, 0) is 97.7 Å². The van der Waals surface area contributed by atoms with E-state index in [1.165, 1.54) is 0 Å². The monoisotopic (exact) mass is 757 g/mol.